The molecular weight excluding hydrogens is 252 g/mol. The van der Waals surface area contributed by atoms with Gasteiger partial charge in [-0.1, -0.05) is 0 Å². The number of hydrogen-bond acceptors (Lipinski definition) is 4. The van der Waals surface area contributed by atoms with Crippen molar-refractivity contribution in [1.29, 1.82) is 0 Å². The molecule has 0 aliphatic heterocycles. The summed E-state index contributed by atoms with van der Waals surface area (Å²) in [5.41, 5.74) is 1.24. The molecule has 110 valence electrons. The second kappa shape index (κ2) is 5.40. The number of rotatable bonds is 4. The highest BCUT2D eigenvalue weighted by Gasteiger charge is 2.13. The second-order valence-electron chi connectivity index (χ2n) is 6.26. The van der Waals surface area contributed by atoms with E-state index in [1.54, 1.807) is 0 Å². The van der Waals surface area contributed by atoms with Crippen molar-refractivity contribution in [2.75, 3.05) is 0 Å². The van der Waals surface area contributed by atoms with Gasteiger partial charge in [0.1, 0.15) is 23.2 Å². The third kappa shape index (κ3) is 3.70. The van der Waals surface area contributed by atoms with Crippen molar-refractivity contribution < 1.29 is 4.42 Å². The third-order valence-corrected chi connectivity index (χ3v) is 3.15. The molecule has 0 saturated carbocycles. The van der Waals surface area contributed by atoms with Crippen LogP contribution in [0.25, 0.3) is 0 Å². The molecule has 5 heteroatoms. The van der Waals surface area contributed by atoms with Crippen molar-refractivity contribution in [2.24, 2.45) is 0 Å². The van der Waals surface area contributed by atoms with Gasteiger partial charge in [-0.05, 0) is 47.6 Å². The molecule has 0 atom stereocenters. The highest BCUT2D eigenvalue weighted by Crippen LogP contribution is 2.17. The number of nitrogens with one attached hydrogen (secondary N) is 1. The van der Waals surface area contributed by atoms with E-state index in [1.807, 2.05) is 25.5 Å². The fourth-order valence-corrected chi connectivity index (χ4v) is 2.06. The van der Waals surface area contributed by atoms with Crippen LogP contribution >= 0.6 is 0 Å². The maximum absolute atomic E-state index is 5.80. The minimum Gasteiger partial charge on any atom is -0.465 e. The van der Waals surface area contributed by atoms with E-state index in [2.05, 4.69) is 42.2 Å². The lowest BCUT2D eigenvalue weighted by Crippen LogP contribution is -2.34. The van der Waals surface area contributed by atoms with E-state index < -0.39 is 0 Å². The van der Waals surface area contributed by atoms with Crippen LogP contribution in [0.3, 0.4) is 0 Å². The molecule has 0 aliphatic rings. The predicted molar refractivity (Wildman–Crippen MR) is 78.6 cm³/mol. The molecule has 2 heterocycles. The Morgan fingerprint density at radius 3 is 2.50 bits per heavy atom. The minimum atomic E-state index is 0.0838. The van der Waals surface area contributed by atoms with Crippen LogP contribution in [0.15, 0.2) is 10.5 Å². The van der Waals surface area contributed by atoms with E-state index in [-0.39, 0.29) is 5.54 Å². The average molecular weight is 276 g/mol. The number of aromatic nitrogens is 3. The number of aryl methyl sites for hydroxylation is 3. The highest BCUT2D eigenvalue weighted by atomic mass is 16.3. The van der Waals surface area contributed by atoms with Crippen LogP contribution in [0.5, 0.6) is 0 Å². The van der Waals surface area contributed by atoms with Gasteiger partial charge in [0.15, 0.2) is 0 Å². The lowest BCUT2D eigenvalue weighted by molar-refractivity contribution is 0.382. The summed E-state index contributed by atoms with van der Waals surface area (Å²) >= 11 is 0. The van der Waals surface area contributed by atoms with E-state index in [4.69, 9.17) is 4.42 Å². The Labute approximate surface area is 120 Å². The average Bonchev–Trinajstić information content (AvgIpc) is 2.80. The molecule has 2 aromatic heterocycles. The largest absolute Gasteiger partial charge is 0.465 e. The van der Waals surface area contributed by atoms with Gasteiger partial charge in [0.25, 0.3) is 0 Å². The van der Waals surface area contributed by atoms with Crippen molar-refractivity contribution in [2.45, 2.75) is 60.2 Å². The highest BCUT2D eigenvalue weighted by molar-refractivity contribution is 5.21. The summed E-state index contributed by atoms with van der Waals surface area (Å²) in [6.07, 6.45) is 0. The van der Waals surface area contributed by atoms with Gasteiger partial charge in [0.05, 0.1) is 13.1 Å². The van der Waals surface area contributed by atoms with Crippen molar-refractivity contribution in [1.82, 2.24) is 20.1 Å². The molecule has 0 fully saturated rings. The molecule has 0 radical (unpaired) electrons. The van der Waals surface area contributed by atoms with Crippen molar-refractivity contribution in [3.63, 3.8) is 0 Å². The Bertz CT molecular complexity index is 590. The first-order valence-electron chi connectivity index (χ1n) is 6.96. The third-order valence-electron chi connectivity index (χ3n) is 3.15. The van der Waals surface area contributed by atoms with E-state index in [0.717, 1.165) is 35.3 Å². The molecule has 1 N–H and O–H groups in total. The van der Waals surface area contributed by atoms with E-state index in [1.165, 1.54) is 0 Å². The molecular formula is C15H24N4O. The summed E-state index contributed by atoms with van der Waals surface area (Å²) in [4.78, 5) is 4.32. The zero-order chi connectivity index (χ0) is 14.9. The minimum absolute atomic E-state index is 0.0838. The summed E-state index contributed by atoms with van der Waals surface area (Å²) in [5.74, 6) is 3.64. The van der Waals surface area contributed by atoms with Crippen LogP contribution in [-0.2, 0) is 13.1 Å². The van der Waals surface area contributed by atoms with Crippen molar-refractivity contribution >= 4 is 0 Å². The Kier molecular flexibility index (Phi) is 3.99. The molecule has 2 rings (SSSR count). The molecule has 0 aromatic carbocycles. The molecule has 0 bridgehead atoms. The molecule has 0 unspecified atom stereocenters. The molecule has 0 aliphatic carbocycles. The van der Waals surface area contributed by atoms with Gasteiger partial charge in [0, 0.05) is 11.1 Å². The van der Waals surface area contributed by atoms with Crippen LogP contribution in [0, 0.1) is 20.8 Å². The SMILES string of the molecule is Cc1nc(C)n(Cc2cc(CNC(C)(C)C)oc2C)n1. The van der Waals surface area contributed by atoms with E-state index in [0.29, 0.717) is 6.54 Å². The molecule has 5 nitrogen and oxygen atoms in total. The summed E-state index contributed by atoms with van der Waals surface area (Å²) in [6, 6.07) is 2.10. The van der Waals surface area contributed by atoms with Crippen molar-refractivity contribution in [3.8, 4) is 0 Å². The van der Waals surface area contributed by atoms with Crippen LogP contribution in [0.4, 0.5) is 0 Å². The van der Waals surface area contributed by atoms with Gasteiger partial charge in [-0.2, -0.15) is 5.10 Å². The van der Waals surface area contributed by atoms with Crippen LogP contribution in [-0.4, -0.2) is 20.3 Å². The van der Waals surface area contributed by atoms with E-state index in [9.17, 15) is 0 Å². The lowest BCUT2D eigenvalue weighted by atomic mass is 10.1. The van der Waals surface area contributed by atoms with Gasteiger partial charge in [-0.25, -0.2) is 9.67 Å². The molecule has 20 heavy (non-hydrogen) atoms. The quantitative estimate of drug-likeness (QED) is 0.933. The van der Waals surface area contributed by atoms with Crippen LogP contribution in [0.2, 0.25) is 0 Å². The lowest BCUT2D eigenvalue weighted by Gasteiger charge is -2.19. The standard InChI is InChI=1S/C15H24N4O/c1-10-13(9-19-12(3)17-11(2)18-19)7-14(20-10)8-16-15(4,5)6/h7,16H,8-9H2,1-6H3. The van der Waals surface area contributed by atoms with Gasteiger partial charge >= 0.3 is 0 Å². The fourth-order valence-electron chi connectivity index (χ4n) is 2.06. The van der Waals surface area contributed by atoms with Crippen LogP contribution < -0.4 is 5.32 Å². The monoisotopic (exact) mass is 276 g/mol. The molecule has 0 spiro atoms. The first-order valence-corrected chi connectivity index (χ1v) is 6.96. The van der Waals surface area contributed by atoms with Crippen LogP contribution in [0.1, 0.15) is 49.5 Å². The maximum Gasteiger partial charge on any atom is 0.147 e. The summed E-state index contributed by atoms with van der Waals surface area (Å²) in [7, 11) is 0. The first-order chi connectivity index (χ1) is 9.24. The number of furan rings is 1. The Morgan fingerprint density at radius 1 is 1.25 bits per heavy atom. The topological polar surface area (TPSA) is 55.9 Å². The van der Waals surface area contributed by atoms with Gasteiger partial charge in [0.2, 0.25) is 0 Å². The predicted octanol–water partition coefficient (Wildman–Crippen LogP) is 2.73. The summed E-state index contributed by atoms with van der Waals surface area (Å²) < 4.78 is 7.72. The zero-order valence-electron chi connectivity index (χ0n) is 13.2. The van der Waals surface area contributed by atoms with Gasteiger partial charge in [-0.15, -0.1) is 0 Å². The molecule has 2 aromatic rings. The van der Waals surface area contributed by atoms with Crippen molar-refractivity contribution in [3.05, 3.63) is 34.8 Å². The second-order valence-corrected chi connectivity index (χ2v) is 6.26. The Balaban J connectivity index is 2.10. The first kappa shape index (κ1) is 14.8. The fraction of sp³-hybridized carbons (Fsp3) is 0.600. The normalized spacial score (nSPS) is 12.1. The zero-order valence-corrected chi connectivity index (χ0v) is 13.2. The van der Waals surface area contributed by atoms with Gasteiger partial charge in [-0.3, -0.25) is 0 Å². The smallest absolute Gasteiger partial charge is 0.147 e. The molecule has 0 saturated heterocycles. The summed E-state index contributed by atoms with van der Waals surface area (Å²) in [6.45, 7) is 13.7. The van der Waals surface area contributed by atoms with Gasteiger partial charge < -0.3 is 9.73 Å². The summed E-state index contributed by atoms with van der Waals surface area (Å²) in [5, 5.41) is 7.82. The number of nitrogens with zero attached hydrogens (tertiary/aromatic N) is 3. The van der Waals surface area contributed by atoms with E-state index >= 15 is 0 Å². The Morgan fingerprint density at radius 2 is 1.95 bits per heavy atom. The molecule has 0 amide bonds. The Hall–Kier alpha value is -1.62. The number of hydrogen-bond donors (Lipinski definition) is 1. The maximum atomic E-state index is 5.80.